The number of anilines is 1. The summed E-state index contributed by atoms with van der Waals surface area (Å²) in [4.78, 5) is 4.43. The largest absolute Gasteiger partial charge is 0.350 e. The number of aryl methyl sites for hydroxylation is 1. The van der Waals surface area contributed by atoms with Crippen LogP contribution in [-0.4, -0.2) is 32.6 Å². The highest BCUT2D eigenvalue weighted by atomic mass is 32.2. The van der Waals surface area contributed by atoms with Gasteiger partial charge in [-0.2, -0.15) is 16.7 Å². The Kier molecular flexibility index (Phi) is 3.33. The highest BCUT2D eigenvalue weighted by Gasteiger charge is 2.06. The average Bonchev–Trinajstić information content (AvgIpc) is 2.59. The minimum Gasteiger partial charge on any atom is -0.350 e. The van der Waals surface area contributed by atoms with Gasteiger partial charge in [-0.15, -0.1) is 5.10 Å². The molecule has 2 heterocycles. The quantitative estimate of drug-likeness (QED) is 0.883. The summed E-state index contributed by atoms with van der Waals surface area (Å²) < 4.78 is 1.79. The van der Waals surface area contributed by atoms with Crippen LogP contribution in [0.1, 0.15) is 12.5 Å². The Labute approximate surface area is 99.5 Å². The molecule has 1 N–H and O–H groups in total. The molecule has 16 heavy (non-hydrogen) atoms. The van der Waals surface area contributed by atoms with E-state index in [1.807, 2.05) is 30.1 Å². The zero-order valence-electron chi connectivity index (χ0n) is 9.77. The Morgan fingerprint density at radius 3 is 3.12 bits per heavy atom. The van der Waals surface area contributed by atoms with Gasteiger partial charge in [0.05, 0.1) is 0 Å². The molecule has 0 spiro atoms. The molecule has 0 aliphatic heterocycles. The maximum Gasteiger partial charge on any atom is 0.243 e. The molecule has 0 amide bonds. The molecule has 0 saturated heterocycles. The van der Waals surface area contributed by atoms with Gasteiger partial charge >= 0.3 is 0 Å². The van der Waals surface area contributed by atoms with Crippen LogP contribution in [-0.2, 0) is 0 Å². The van der Waals surface area contributed by atoms with Gasteiger partial charge < -0.3 is 5.32 Å². The first-order chi connectivity index (χ1) is 7.69. The molecule has 0 bridgehead atoms. The molecule has 0 aliphatic rings. The molecule has 4 nitrogen and oxygen atoms in total. The number of hydrogen-bond donors (Lipinski definition) is 1. The number of hydrogen-bond acceptors (Lipinski definition) is 4. The minimum absolute atomic E-state index is 0.383. The second kappa shape index (κ2) is 4.74. The van der Waals surface area contributed by atoms with Crippen molar-refractivity contribution in [2.75, 3.05) is 17.3 Å². The van der Waals surface area contributed by atoms with E-state index >= 15 is 0 Å². The first-order valence-electron chi connectivity index (χ1n) is 5.27. The van der Waals surface area contributed by atoms with Crippen molar-refractivity contribution >= 4 is 23.4 Å². The van der Waals surface area contributed by atoms with Crippen LogP contribution >= 0.6 is 11.8 Å². The lowest BCUT2D eigenvalue weighted by atomic mass is 10.3. The van der Waals surface area contributed by atoms with Crippen LogP contribution in [0.5, 0.6) is 0 Å². The van der Waals surface area contributed by atoms with Crippen LogP contribution in [0.15, 0.2) is 18.3 Å². The number of aromatic nitrogens is 3. The third-order valence-corrected chi connectivity index (χ3v) is 3.12. The molecule has 2 aromatic heterocycles. The lowest BCUT2D eigenvalue weighted by Gasteiger charge is -2.09. The van der Waals surface area contributed by atoms with Crippen molar-refractivity contribution in [2.45, 2.75) is 19.9 Å². The number of nitrogens with one attached hydrogen (secondary N) is 1. The summed E-state index contributed by atoms with van der Waals surface area (Å²) in [7, 11) is 0. The monoisotopic (exact) mass is 236 g/mol. The second-order valence-electron chi connectivity index (χ2n) is 3.94. The van der Waals surface area contributed by atoms with Crippen molar-refractivity contribution in [1.29, 1.82) is 0 Å². The Hall–Kier alpha value is -1.23. The molecule has 1 unspecified atom stereocenters. The molecule has 2 rings (SSSR count). The van der Waals surface area contributed by atoms with Gasteiger partial charge in [0.2, 0.25) is 5.95 Å². The molecule has 0 aromatic carbocycles. The zero-order chi connectivity index (χ0) is 11.5. The number of pyridine rings is 1. The number of nitrogens with zero attached hydrogens (tertiary/aromatic N) is 3. The Balaban J connectivity index is 2.19. The van der Waals surface area contributed by atoms with Crippen LogP contribution in [0.3, 0.4) is 0 Å². The van der Waals surface area contributed by atoms with Crippen LogP contribution in [0.2, 0.25) is 0 Å². The lowest BCUT2D eigenvalue weighted by Crippen LogP contribution is -2.18. The lowest BCUT2D eigenvalue weighted by molar-refractivity contribution is 0.875. The van der Waals surface area contributed by atoms with E-state index in [0.717, 1.165) is 11.4 Å². The first-order valence-corrected chi connectivity index (χ1v) is 6.67. The number of fused-ring (bicyclic) bond motifs is 1. The number of rotatable bonds is 4. The summed E-state index contributed by atoms with van der Waals surface area (Å²) in [6.45, 7) is 4.19. The maximum atomic E-state index is 4.43. The van der Waals surface area contributed by atoms with E-state index in [4.69, 9.17) is 0 Å². The van der Waals surface area contributed by atoms with E-state index in [9.17, 15) is 0 Å². The van der Waals surface area contributed by atoms with Gasteiger partial charge in [-0.3, -0.25) is 0 Å². The Morgan fingerprint density at radius 1 is 1.56 bits per heavy atom. The minimum atomic E-state index is 0.383. The van der Waals surface area contributed by atoms with Crippen molar-refractivity contribution in [3.63, 3.8) is 0 Å². The van der Waals surface area contributed by atoms with E-state index in [1.54, 1.807) is 4.52 Å². The highest BCUT2D eigenvalue weighted by molar-refractivity contribution is 7.98. The highest BCUT2D eigenvalue weighted by Crippen LogP contribution is 2.09. The summed E-state index contributed by atoms with van der Waals surface area (Å²) in [6, 6.07) is 4.43. The average molecular weight is 236 g/mol. The van der Waals surface area contributed by atoms with E-state index in [0.29, 0.717) is 12.0 Å². The van der Waals surface area contributed by atoms with Gasteiger partial charge in [0.1, 0.15) is 0 Å². The molecule has 0 aliphatic carbocycles. The topological polar surface area (TPSA) is 42.2 Å². The summed E-state index contributed by atoms with van der Waals surface area (Å²) in [5, 5.41) is 7.65. The van der Waals surface area contributed by atoms with E-state index < -0.39 is 0 Å². The van der Waals surface area contributed by atoms with Crippen LogP contribution in [0.4, 0.5) is 5.95 Å². The van der Waals surface area contributed by atoms with Crippen molar-refractivity contribution in [3.8, 4) is 0 Å². The van der Waals surface area contributed by atoms with E-state index in [1.165, 1.54) is 5.56 Å². The maximum absolute atomic E-state index is 4.43. The third-order valence-electron chi connectivity index (χ3n) is 2.29. The standard InChI is InChI=1S/C11H16N4S/c1-8-4-5-15-10(6-8)13-11(14-15)12-9(2)7-16-3/h4-6,9H,7H2,1-3H3,(H,12,14). The summed E-state index contributed by atoms with van der Waals surface area (Å²) in [6.07, 6.45) is 4.03. The number of thioether (sulfide) groups is 1. The summed E-state index contributed by atoms with van der Waals surface area (Å²) in [5.41, 5.74) is 2.09. The Morgan fingerprint density at radius 2 is 2.38 bits per heavy atom. The van der Waals surface area contributed by atoms with Crippen LogP contribution < -0.4 is 5.32 Å². The van der Waals surface area contributed by atoms with Crippen molar-refractivity contribution in [3.05, 3.63) is 23.9 Å². The molecular weight excluding hydrogens is 220 g/mol. The predicted octanol–water partition coefficient (Wildman–Crippen LogP) is 2.20. The van der Waals surface area contributed by atoms with Crippen molar-refractivity contribution in [1.82, 2.24) is 14.6 Å². The molecule has 0 fully saturated rings. The normalized spacial score (nSPS) is 12.9. The summed E-state index contributed by atoms with van der Waals surface area (Å²) >= 11 is 1.81. The van der Waals surface area contributed by atoms with Crippen molar-refractivity contribution < 1.29 is 0 Å². The van der Waals surface area contributed by atoms with Gasteiger partial charge in [0.25, 0.3) is 0 Å². The fourth-order valence-corrected chi connectivity index (χ4v) is 2.14. The smallest absolute Gasteiger partial charge is 0.243 e. The van der Waals surface area contributed by atoms with Gasteiger partial charge in [-0.25, -0.2) is 4.52 Å². The van der Waals surface area contributed by atoms with Gasteiger partial charge in [0, 0.05) is 18.0 Å². The first kappa shape index (κ1) is 11.3. The molecule has 0 radical (unpaired) electrons. The van der Waals surface area contributed by atoms with Crippen LogP contribution in [0.25, 0.3) is 5.65 Å². The molecule has 0 saturated carbocycles. The Bertz CT molecular complexity index is 480. The van der Waals surface area contributed by atoms with Crippen LogP contribution in [0, 0.1) is 6.92 Å². The molecule has 5 heteroatoms. The predicted molar refractivity (Wildman–Crippen MR) is 69.2 cm³/mol. The zero-order valence-corrected chi connectivity index (χ0v) is 10.6. The fraction of sp³-hybridized carbons (Fsp3) is 0.455. The van der Waals surface area contributed by atoms with E-state index in [-0.39, 0.29) is 0 Å². The molecule has 86 valence electrons. The SMILES string of the molecule is CSCC(C)Nc1nc2cc(C)ccn2n1. The van der Waals surface area contributed by atoms with Gasteiger partial charge in [-0.05, 0) is 37.8 Å². The third kappa shape index (κ3) is 2.47. The molecular formula is C11H16N4S. The molecule has 2 aromatic rings. The second-order valence-corrected chi connectivity index (χ2v) is 4.85. The molecule has 1 atom stereocenters. The van der Waals surface area contributed by atoms with Gasteiger partial charge in [-0.1, -0.05) is 0 Å². The summed E-state index contributed by atoms with van der Waals surface area (Å²) in [5.74, 6) is 1.75. The van der Waals surface area contributed by atoms with Crippen molar-refractivity contribution in [2.24, 2.45) is 0 Å². The fourth-order valence-electron chi connectivity index (χ4n) is 1.56. The van der Waals surface area contributed by atoms with E-state index in [2.05, 4.69) is 35.5 Å². The van der Waals surface area contributed by atoms with Gasteiger partial charge in [0.15, 0.2) is 5.65 Å².